The number of aliphatic imine (C=N–C) groups is 1. The third-order valence-electron chi connectivity index (χ3n) is 5.06. The number of fused-ring (bicyclic) bond motifs is 1. The molecular weight excluding hydrogens is 443 g/mol. The van der Waals surface area contributed by atoms with Crippen LogP contribution in [0.15, 0.2) is 58.0 Å². The zero-order valence-electron chi connectivity index (χ0n) is 16.3. The number of hydrogen-bond acceptors (Lipinski definition) is 6. The van der Waals surface area contributed by atoms with Crippen molar-refractivity contribution >= 4 is 59.7 Å². The van der Waals surface area contributed by atoms with Crippen molar-refractivity contribution in [2.45, 2.75) is 0 Å². The first-order chi connectivity index (χ1) is 14.2. The van der Waals surface area contributed by atoms with Gasteiger partial charge in [-0.25, -0.2) is 9.98 Å². The molecule has 11 heteroatoms. The Hall–Kier alpha value is -3.30. The van der Waals surface area contributed by atoms with Crippen LogP contribution < -0.4 is 5.32 Å². The lowest BCUT2D eigenvalue weighted by molar-refractivity contribution is -0.115. The lowest BCUT2D eigenvalue weighted by Gasteiger charge is -2.34. The van der Waals surface area contributed by atoms with Gasteiger partial charge in [0.2, 0.25) is 5.96 Å². The van der Waals surface area contributed by atoms with Gasteiger partial charge in [0.15, 0.2) is 5.76 Å². The van der Waals surface area contributed by atoms with Crippen molar-refractivity contribution in [3.05, 3.63) is 59.9 Å². The number of hydrogen-bond donors (Lipinski definition) is 2. The maximum absolute atomic E-state index is 12.4. The predicted octanol–water partition coefficient (Wildman–Crippen LogP) is 2.28. The van der Waals surface area contributed by atoms with E-state index < -0.39 is 0 Å². The van der Waals surface area contributed by atoms with Crippen molar-refractivity contribution in [1.82, 2.24) is 25.1 Å². The third-order valence-corrected chi connectivity index (χ3v) is 5.06. The fourth-order valence-corrected chi connectivity index (χ4v) is 3.53. The number of rotatable bonds is 2. The SMILES string of the molecule is Cl.Cl.O=C1NC(N2CCN(C(=O)c3ccco3)CC2)=N/C1=C\c1c[nH]c2ncccc12. The second-order valence-electron chi connectivity index (χ2n) is 6.82. The number of aromatic amines is 1. The lowest BCUT2D eigenvalue weighted by Crippen LogP contribution is -2.53. The Morgan fingerprint density at radius 3 is 2.68 bits per heavy atom. The largest absolute Gasteiger partial charge is 0.459 e. The van der Waals surface area contributed by atoms with Crippen LogP contribution in [0.4, 0.5) is 0 Å². The van der Waals surface area contributed by atoms with Gasteiger partial charge in [-0.2, -0.15) is 0 Å². The van der Waals surface area contributed by atoms with Gasteiger partial charge in [-0.05, 0) is 30.3 Å². The molecule has 9 nitrogen and oxygen atoms in total. The number of carbonyl (C=O) groups excluding carboxylic acids is 2. The van der Waals surface area contributed by atoms with Gasteiger partial charge < -0.3 is 19.2 Å². The number of nitrogens with one attached hydrogen (secondary N) is 2. The van der Waals surface area contributed by atoms with Crippen LogP contribution in [-0.4, -0.2) is 63.7 Å². The van der Waals surface area contributed by atoms with E-state index in [4.69, 9.17) is 4.42 Å². The second-order valence-corrected chi connectivity index (χ2v) is 6.82. The Bertz CT molecular complexity index is 1150. The fourth-order valence-electron chi connectivity index (χ4n) is 3.53. The van der Waals surface area contributed by atoms with Crippen LogP contribution in [0.2, 0.25) is 0 Å². The van der Waals surface area contributed by atoms with Crippen molar-refractivity contribution in [1.29, 1.82) is 0 Å². The third kappa shape index (κ3) is 4.28. The number of pyridine rings is 1. The van der Waals surface area contributed by atoms with Gasteiger partial charge in [-0.1, -0.05) is 0 Å². The number of H-pyrrole nitrogens is 1. The van der Waals surface area contributed by atoms with Crippen LogP contribution in [0.5, 0.6) is 0 Å². The van der Waals surface area contributed by atoms with Gasteiger partial charge in [0.05, 0.1) is 6.26 Å². The van der Waals surface area contributed by atoms with Gasteiger partial charge in [0.25, 0.3) is 11.8 Å². The summed E-state index contributed by atoms with van der Waals surface area (Å²) >= 11 is 0. The molecule has 2 aliphatic rings. The highest BCUT2D eigenvalue weighted by molar-refractivity contribution is 6.14. The molecule has 0 unspecified atom stereocenters. The van der Waals surface area contributed by atoms with Crippen molar-refractivity contribution < 1.29 is 14.0 Å². The Balaban J connectivity index is 0.00000136. The molecule has 5 rings (SSSR count). The molecule has 0 aliphatic carbocycles. The van der Waals surface area contributed by atoms with Crippen LogP contribution in [0.3, 0.4) is 0 Å². The molecule has 2 aliphatic heterocycles. The fraction of sp³-hybridized carbons (Fsp3) is 0.200. The summed E-state index contributed by atoms with van der Waals surface area (Å²) < 4.78 is 5.18. The summed E-state index contributed by atoms with van der Waals surface area (Å²) in [6.07, 6.45) is 6.76. The summed E-state index contributed by atoms with van der Waals surface area (Å²) in [4.78, 5) is 40.3. The van der Waals surface area contributed by atoms with Gasteiger partial charge in [-0.15, -0.1) is 24.8 Å². The van der Waals surface area contributed by atoms with E-state index in [2.05, 4.69) is 20.3 Å². The van der Waals surface area contributed by atoms with E-state index in [9.17, 15) is 9.59 Å². The van der Waals surface area contributed by atoms with E-state index in [1.807, 2.05) is 23.2 Å². The Kier molecular flexibility index (Phi) is 6.67. The number of guanidine groups is 1. The number of halogens is 2. The van der Waals surface area contributed by atoms with Crippen LogP contribution >= 0.6 is 24.8 Å². The quantitative estimate of drug-likeness (QED) is 0.568. The van der Waals surface area contributed by atoms with Gasteiger partial charge in [0, 0.05) is 49.5 Å². The number of amides is 2. The van der Waals surface area contributed by atoms with Gasteiger partial charge >= 0.3 is 0 Å². The summed E-state index contributed by atoms with van der Waals surface area (Å²) in [5.41, 5.74) is 1.97. The van der Waals surface area contributed by atoms with Crippen molar-refractivity contribution in [3.8, 4) is 0 Å². The second kappa shape index (κ2) is 9.23. The van der Waals surface area contributed by atoms with Crippen LogP contribution in [0, 0.1) is 0 Å². The average Bonchev–Trinajstić information content (AvgIpc) is 3.49. The predicted molar refractivity (Wildman–Crippen MR) is 120 cm³/mol. The van der Waals surface area contributed by atoms with Crippen molar-refractivity contribution in [2.24, 2.45) is 4.99 Å². The summed E-state index contributed by atoms with van der Waals surface area (Å²) in [6.45, 7) is 2.22. The van der Waals surface area contributed by atoms with Crippen LogP contribution in [0.1, 0.15) is 16.1 Å². The van der Waals surface area contributed by atoms with E-state index in [0.717, 1.165) is 16.6 Å². The highest BCUT2D eigenvalue weighted by atomic mass is 35.5. The smallest absolute Gasteiger partial charge is 0.289 e. The summed E-state index contributed by atoms with van der Waals surface area (Å²) in [5, 5.41) is 3.76. The van der Waals surface area contributed by atoms with Crippen LogP contribution in [0.25, 0.3) is 17.1 Å². The molecule has 1 saturated heterocycles. The minimum atomic E-state index is -0.243. The summed E-state index contributed by atoms with van der Waals surface area (Å²) in [5.74, 6) is 0.487. The number of nitrogens with zero attached hydrogens (tertiary/aromatic N) is 4. The minimum Gasteiger partial charge on any atom is -0.459 e. The topological polar surface area (TPSA) is 107 Å². The van der Waals surface area contributed by atoms with E-state index in [0.29, 0.717) is 43.6 Å². The molecule has 0 radical (unpaired) electrons. The maximum atomic E-state index is 12.4. The molecule has 3 aromatic heterocycles. The Morgan fingerprint density at radius 1 is 1.13 bits per heavy atom. The molecule has 0 bridgehead atoms. The molecule has 3 aromatic rings. The van der Waals surface area contributed by atoms with Crippen molar-refractivity contribution in [2.75, 3.05) is 26.2 Å². The normalized spacial score (nSPS) is 17.2. The van der Waals surface area contributed by atoms with Crippen LogP contribution in [-0.2, 0) is 4.79 Å². The summed E-state index contributed by atoms with van der Waals surface area (Å²) in [7, 11) is 0. The summed E-state index contributed by atoms with van der Waals surface area (Å²) in [6, 6.07) is 7.15. The molecule has 2 amide bonds. The van der Waals surface area contributed by atoms with E-state index in [1.165, 1.54) is 6.26 Å². The van der Waals surface area contributed by atoms with Crippen molar-refractivity contribution in [3.63, 3.8) is 0 Å². The average molecular weight is 463 g/mol. The number of carbonyl (C=O) groups is 2. The minimum absolute atomic E-state index is 0. The highest BCUT2D eigenvalue weighted by Gasteiger charge is 2.29. The lowest BCUT2D eigenvalue weighted by atomic mass is 10.2. The highest BCUT2D eigenvalue weighted by Crippen LogP contribution is 2.21. The molecule has 0 atom stereocenters. The van der Waals surface area contributed by atoms with Gasteiger partial charge in [0.1, 0.15) is 11.3 Å². The Labute approximate surface area is 190 Å². The van der Waals surface area contributed by atoms with E-state index in [-0.39, 0.29) is 36.6 Å². The molecule has 5 heterocycles. The molecule has 1 fully saturated rings. The molecule has 2 N–H and O–H groups in total. The number of furan rings is 1. The zero-order valence-corrected chi connectivity index (χ0v) is 17.9. The standard InChI is InChI=1S/C20H18N6O3.2ClH/c27-18-15(11-13-12-22-17-14(13)3-1-5-21-17)23-20(24-18)26-8-6-25(7-9-26)19(28)16-4-2-10-29-16;;/h1-5,10-12H,6-9H2,(H,21,22)(H,23,24,27);2*1H/b15-11-;;. The van der Waals surface area contributed by atoms with Gasteiger partial charge in [-0.3, -0.25) is 14.9 Å². The monoisotopic (exact) mass is 462 g/mol. The first-order valence-corrected chi connectivity index (χ1v) is 9.30. The first-order valence-electron chi connectivity index (χ1n) is 9.30. The molecule has 31 heavy (non-hydrogen) atoms. The molecule has 0 saturated carbocycles. The molecular formula is C20H20Cl2N6O3. The zero-order chi connectivity index (χ0) is 19.8. The molecule has 0 aromatic carbocycles. The number of piperazine rings is 1. The maximum Gasteiger partial charge on any atom is 0.289 e. The van der Waals surface area contributed by atoms with E-state index in [1.54, 1.807) is 29.3 Å². The molecule has 162 valence electrons. The van der Waals surface area contributed by atoms with E-state index >= 15 is 0 Å². The Morgan fingerprint density at radius 2 is 1.94 bits per heavy atom. The first kappa shape index (κ1) is 22.4. The number of aromatic nitrogens is 2. The molecule has 0 spiro atoms.